The standard InChI is InChI=1S/C16H22N2O3S/c1-5-22(19,20)13-6-7-15(21-4)14(9-13)16-11(2)8-12(10-17)18(16)3/h6-9H,5,10,17H2,1-4H3. The number of nitrogens with two attached hydrogens (primary N) is 1. The Morgan fingerprint density at radius 2 is 1.95 bits per heavy atom. The van der Waals surface area contributed by atoms with Crippen LogP contribution in [0.2, 0.25) is 0 Å². The SMILES string of the molecule is CCS(=O)(=O)c1ccc(OC)c(-c2c(C)cc(CN)n2C)c1. The highest BCUT2D eigenvalue weighted by atomic mass is 32.2. The van der Waals surface area contributed by atoms with Gasteiger partial charge in [-0.2, -0.15) is 0 Å². The van der Waals surface area contributed by atoms with Gasteiger partial charge in [0.2, 0.25) is 0 Å². The zero-order chi connectivity index (χ0) is 16.5. The van der Waals surface area contributed by atoms with Gasteiger partial charge in [0.1, 0.15) is 5.75 Å². The number of rotatable bonds is 5. The van der Waals surface area contributed by atoms with Gasteiger partial charge in [0, 0.05) is 24.8 Å². The molecule has 1 heterocycles. The second kappa shape index (κ2) is 6.14. The molecule has 2 N–H and O–H groups in total. The molecule has 2 rings (SSSR count). The smallest absolute Gasteiger partial charge is 0.178 e. The predicted molar refractivity (Wildman–Crippen MR) is 87.8 cm³/mol. The van der Waals surface area contributed by atoms with Gasteiger partial charge < -0.3 is 15.0 Å². The molecule has 1 aromatic heterocycles. The van der Waals surface area contributed by atoms with Gasteiger partial charge >= 0.3 is 0 Å². The Kier molecular flexibility index (Phi) is 4.63. The molecular weight excluding hydrogens is 300 g/mol. The minimum atomic E-state index is -3.27. The van der Waals surface area contributed by atoms with Crippen LogP contribution in [0.25, 0.3) is 11.3 Å². The number of hydrogen-bond donors (Lipinski definition) is 1. The number of hydrogen-bond acceptors (Lipinski definition) is 4. The molecule has 0 aliphatic heterocycles. The summed E-state index contributed by atoms with van der Waals surface area (Å²) in [6, 6.07) is 6.98. The van der Waals surface area contributed by atoms with E-state index in [4.69, 9.17) is 10.5 Å². The van der Waals surface area contributed by atoms with E-state index >= 15 is 0 Å². The molecule has 0 bridgehead atoms. The maximum Gasteiger partial charge on any atom is 0.178 e. The van der Waals surface area contributed by atoms with Crippen LogP contribution >= 0.6 is 0 Å². The van der Waals surface area contributed by atoms with E-state index in [9.17, 15) is 8.42 Å². The minimum absolute atomic E-state index is 0.0684. The topological polar surface area (TPSA) is 74.3 Å². The molecule has 2 aromatic rings. The first kappa shape index (κ1) is 16.6. The van der Waals surface area contributed by atoms with Crippen molar-refractivity contribution in [3.05, 3.63) is 35.5 Å². The van der Waals surface area contributed by atoms with Crippen LogP contribution in [-0.2, 0) is 23.4 Å². The summed E-state index contributed by atoms with van der Waals surface area (Å²) in [4.78, 5) is 0.306. The van der Waals surface area contributed by atoms with E-state index in [0.717, 1.165) is 22.5 Å². The van der Waals surface area contributed by atoms with Crippen molar-refractivity contribution in [1.82, 2.24) is 4.57 Å². The van der Waals surface area contributed by atoms with Crippen LogP contribution in [0.1, 0.15) is 18.2 Å². The summed E-state index contributed by atoms with van der Waals surface area (Å²) in [6.45, 7) is 4.04. The van der Waals surface area contributed by atoms with Crippen molar-refractivity contribution in [3.8, 4) is 17.0 Å². The fraction of sp³-hybridized carbons (Fsp3) is 0.375. The molecule has 6 heteroatoms. The Morgan fingerprint density at radius 1 is 1.27 bits per heavy atom. The lowest BCUT2D eigenvalue weighted by Gasteiger charge is -2.14. The van der Waals surface area contributed by atoms with Crippen molar-refractivity contribution in [2.45, 2.75) is 25.3 Å². The molecule has 0 fully saturated rings. The van der Waals surface area contributed by atoms with Crippen LogP contribution in [0.3, 0.4) is 0 Å². The first-order valence-corrected chi connectivity index (χ1v) is 8.77. The molecule has 5 nitrogen and oxygen atoms in total. The third-order valence-corrected chi connectivity index (χ3v) is 5.63. The summed E-state index contributed by atoms with van der Waals surface area (Å²) >= 11 is 0. The van der Waals surface area contributed by atoms with E-state index < -0.39 is 9.84 Å². The Bertz CT molecular complexity index is 792. The number of methoxy groups -OCH3 is 1. The molecular formula is C16H22N2O3S. The maximum atomic E-state index is 12.1. The van der Waals surface area contributed by atoms with Crippen LogP contribution in [0.15, 0.2) is 29.2 Å². The molecule has 1 aromatic carbocycles. The zero-order valence-electron chi connectivity index (χ0n) is 13.4. The summed E-state index contributed by atoms with van der Waals surface area (Å²) in [5.41, 5.74) is 9.46. The maximum absolute atomic E-state index is 12.1. The van der Waals surface area contributed by atoms with E-state index in [1.54, 1.807) is 32.2 Å². The summed E-state index contributed by atoms with van der Waals surface area (Å²) in [7, 11) is 0.232. The number of ether oxygens (including phenoxy) is 1. The normalized spacial score (nSPS) is 11.7. The molecule has 120 valence electrons. The first-order chi connectivity index (χ1) is 10.4. The van der Waals surface area contributed by atoms with Crippen molar-refractivity contribution in [2.24, 2.45) is 12.8 Å². The van der Waals surface area contributed by atoms with Crippen LogP contribution in [-0.4, -0.2) is 25.8 Å². The van der Waals surface area contributed by atoms with Crippen LogP contribution < -0.4 is 10.5 Å². The molecule has 0 aliphatic carbocycles. The predicted octanol–water partition coefficient (Wildman–Crippen LogP) is 2.26. The molecule has 0 saturated heterocycles. The third kappa shape index (κ3) is 2.76. The van der Waals surface area contributed by atoms with Gasteiger partial charge in [0.25, 0.3) is 0 Å². The molecule has 0 spiro atoms. The van der Waals surface area contributed by atoms with Crippen molar-refractivity contribution in [2.75, 3.05) is 12.9 Å². The lowest BCUT2D eigenvalue weighted by Crippen LogP contribution is -2.06. The summed E-state index contributed by atoms with van der Waals surface area (Å²) in [6.07, 6.45) is 0. The highest BCUT2D eigenvalue weighted by Crippen LogP contribution is 2.35. The van der Waals surface area contributed by atoms with Gasteiger partial charge in [-0.25, -0.2) is 8.42 Å². The lowest BCUT2D eigenvalue weighted by molar-refractivity contribution is 0.415. The van der Waals surface area contributed by atoms with Crippen LogP contribution in [0.5, 0.6) is 5.75 Å². The minimum Gasteiger partial charge on any atom is -0.496 e. The average Bonchev–Trinajstić information content (AvgIpc) is 2.80. The highest BCUT2D eigenvalue weighted by Gasteiger charge is 2.19. The second-order valence-electron chi connectivity index (χ2n) is 5.20. The fourth-order valence-electron chi connectivity index (χ4n) is 2.64. The van der Waals surface area contributed by atoms with Crippen LogP contribution in [0.4, 0.5) is 0 Å². The van der Waals surface area contributed by atoms with Gasteiger partial charge in [-0.3, -0.25) is 0 Å². The van der Waals surface area contributed by atoms with E-state index in [1.807, 2.05) is 24.6 Å². The summed E-state index contributed by atoms with van der Waals surface area (Å²) in [5, 5.41) is 0. The molecule has 0 saturated carbocycles. The van der Waals surface area contributed by atoms with Gasteiger partial charge in [-0.1, -0.05) is 6.92 Å². The van der Waals surface area contributed by atoms with Crippen molar-refractivity contribution < 1.29 is 13.2 Å². The Morgan fingerprint density at radius 3 is 2.45 bits per heavy atom. The van der Waals surface area contributed by atoms with E-state index in [2.05, 4.69) is 0 Å². The Balaban J connectivity index is 2.74. The number of benzene rings is 1. The largest absolute Gasteiger partial charge is 0.496 e. The Labute approximate surface area is 131 Å². The van der Waals surface area contributed by atoms with Gasteiger partial charge in [-0.05, 0) is 36.8 Å². The van der Waals surface area contributed by atoms with Crippen molar-refractivity contribution in [3.63, 3.8) is 0 Å². The fourth-order valence-corrected chi connectivity index (χ4v) is 3.55. The number of nitrogens with zero attached hydrogens (tertiary/aromatic N) is 1. The number of aryl methyl sites for hydroxylation is 1. The molecule has 0 radical (unpaired) electrons. The molecule has 0 atom stereocenters. The highest BCUT2D eigenvalue weighted by molar-refractivity contribution is 7.91. The number of aromatic nitrogens is 1. The summed E-state index contributed by atoms with van der Waals surface area (Å²) in [5.74, 6) is 0.710. The van der Waals surface area contributed by atoms with E-state index in [-0.39, 0.29) is 5.75 Å². The van der Waals surface area contributed by atoms with Crippen molar-refractivity contribution >= 4 is 9.84 Å². The Hall–Kier alpha value is -1.79. The summed E-state index contributed by atoms with van der Waals surface area (Å²) < 4.78 is 31.7. The average molecular weight is 322 g/mol. The molecule has 22 heavy (non-hydrogen) atoms. The quantitative estimate of drug-likeness (QED) is 0.916. The zero-order valence-corrected chi connectivity index (χ0v) is 14.2. The van der Waals surface area contributed by atoms with E-state index in [1.165, 1.54) is 0 Å². The first-order valence-electron chi connectivity index (χ1n) is 7.12. The second-order valence-corrected chi connectivity index (χ2v) is 7.47. The van der Waals surface area contributed by atoms with Crippen molar-refractivity contribution in [1.29, 1.82) is 0 Å². The van der Waals surface area contributed by atoms with Crippen LogP contribution in [0, 0.1) is 6.92 Å². The lowest BCUT2D eigenvalue weighted by atomic mass is 10.1. The molecule has 0 amide bonds. The number of sulfone groups is 1. The van der Waals surface area contributed by atoms with Gasteiger partial charge in [0.15, 0.2) is 9.84 Å². The third-order valence-electron chi connectivity index (χ3n) is 3.90. The monoisotopic (exact) mass is 322 g/mol. The molecule has 0 aliphatic rings. The van der Waals surface area contributed by atoms with Gasteiger partial charge in [0.05, 0.1) is 23.5 Å². The van der Waals surface area contributed by atoms with E-state index in [0.29, 0.717) is 17.2 Å². The van der Waals surface area contributed by atoms with Gasteiger partial charge in [-0.15, -0.1) is 0 Å². The molecule has 0 unspecified atom stereocenters.